The van der Waals surface area contributed by atoms with Gasteiger partial charge in [-0.2, -0.15) is 0 Å². The van der Waals surface area contributed by atoms with Gasteiger partial charge in [-0.1, -0.05) is 0 Å². The van der Waals surface area contributed by atoms with E-state index in [2.05, 4.69) is 0 Å². The third-order valence-corrected chi connectivity index (χ3v) is 5.62. The van der Waals surface area contributed by atoms with Crippen LogP contribution in [0, 0.1) is 0 Å². The van der Waals surface area contributed by atoms with Crippen LogP contribution in [0.25, 0.3) is 12.2 Å². The summed E-state index contributed by atoms with van der Waals surface area (Å²) >= 11 is 0. The number of methoxy groups -OCH3 is 6. The molecule has 33 heavy (non-hydrogen) atoms. The standard InChI is InChI=1S/C24H28O8S/c1-27-17-11-21(29-3)19(22(12-17)30-4)8-7-16(25)15-33(26)10-9-20-23(31-5)13-18(28-2)14-24(20)32-6/h7-14H,15H2,1-6H3/b8-7+,10-9-. The van der Waals surface area contributed by atoms with Crippen molar-refractivity contribution in [3.8, 4) is 34.5 Å². The number of benzene rings is 2. The Morgan fingerprint density at radius 2 is 1.09 bits per heavy atom. The van der Waals surface area contributed by atoms with Crippen molar-refractivity contribution in [1.29, 1.82) is 0 Å². The molecule has 1 unspecified atom stereocenters. The smallest absolute Gasteiger partial charge is 0.168 e. The lowest BCUT2D eigenvalue weighted by Crippen LogP contribution is -2.05. The second kappa shape index (κ2) is 12.5. The third-order valence-electron chi connectivity index (χ3n) is 4.61. The maximum absolute atomic E-state index is 12.5. The summed E-state index contributed by atoms with van der Waals surface area (Å²) in [5.74, 6) is 2.54. The number of ether oxygens (including phenoxy) is 6. The molecule has 0 saturated carbocycles. The van der Waals surface area contributed by atoms with Gasteiger partial charge in [-0.3, -0.25) is 9.00 Å². The largest absolute Gasteiger partial charge is 0.496 e. The van der Waals surface area contributed by atoms with E-state index in [1.807, 2.05) is 0 Å². The van der Waals surface area contributed by atoms with Crippen LogP contribution in [-0.2, 0) is 15.6 Å². The van der Waals surface area contributed by atoms with Crippen molar-refractivity contribution < 1.29 is 37.4 Å². The first-order valence-corrected chi connectivity index (χ1v) is 11.1. The van der Waals surface area contributed by atoms with E-state index in [0.717, 1.165) is 0 Å². The zero-order valence-corrected chi connectivity index (χ0v) is 20.3. The molecule has 0 amide bonds. The zero-order valence-electron chi connectivity index (χ0n) is 19.5. The van der Waals surface area contributed by atoms with Crippen molar-refractivity contribution >= 4 is 28.7 Å². The topological polar surface area (TPSA) is 89.5 Å². The van der Waals surface area contributed by atoms with Gasteiger partial charge in [-0.25, -0.2) is 0 Å². The molecule has 0 spiro atoms. The fourth-order valence-electron chi connectivity index (χ4n) is 2.95. The predicted molar refractivity (Wildman–Crippen MR) is 128 cm³/mol. The summed E-state index contributed by atoms with van der Waals surface area (Å²) in [5, 5.41) is 1.42. The molecule has 0 aliphatic heterocycles. The van der Waals surface area contributed by atoms with Gasteiger partial charge in [0.05, 0.1) is 70.3 Å². The summed E-state index contributed by atoms with van der Waals surface area (Å²) in [5.41, 5.74) is 1.16. The average Bonchev–Trinajstić information content (AvgIpc) is 2.84. The van der Waals surface area contributed by atoms with Crippen LogP contribution in [-0.4, -0.2) is 58.4 Å². The highest BCUT2D eigenvalue weighted by atomic mass is 32.2. The van der Waals surface area contributed by atoms with E-state index in [0.29, 0.717) is 45.6 Å². The second-order valence-electron chi connectivity index (χ2n) is 6.52. The monoisotopic (exact) mass is 476 g/mol. The molecule has 0 radical (unpaired) electrons. The van der Waals surface area contributed by atoms with E-state index in [-0.39, 0.29) is 11.5 Å². The SMILES string of the molecule is COc1cc(OC)c(/C=C\S(=O)CC(=O)/C=C/c2c(OC)cc(OC)cc2OC)c(OC)c1. The van der Waals surface area contributed by atoms with Gasteiger partial charge in [0.2, 0.25) is 0 Å². The lowest BCUT2D eigenvalue weighted by atomic mass is 10.1. The Kier molecular flexibility index (Phi) is 9.81. The summed E-state index contributed by atoms with van der Waals surface area (Å²) < 4.78 is 44.4. The van der Waals surface area contributed by atoms with Gasteiger partial charge in [0.15, 0.2) is 5.78 Å². The molecule has 0 saturated heterocycles. The van der Waals surface area contributed by atoms with Gasteiger partial charge >= 0.3 is 0 Å². The van der Waals surface area contributed by atoms with Crippen LogP contribution in [0.1, 0.15) is 11.1 Å². The number of carbonyl (C=O) groups excluding carboxylic acids is 1. The third kappa shape index (κ3) is 6.76. The van der Waals surface area contributed by atoms with Gasteiger partial charge < -0.3 is 28.4 Å². The molecule has 0 fully saturated rings. The van der Waals surface area contributed by atoms with Crippen LogP contribution in [0.15, 0.2) is 35.7 Å². The van der Waals surface area contributed by atoms with Crippen LogP contribution in [0.4, 0.5) is 0 Å². The summed E-state index contributed by atoms with van der Waals surface area (Å²) in [4.78, 5) is 12.4. The molecule has 9 heteroatoms. The average molecular weight is 477 g/mol. The van der Waals surface area contributed by atoms with Crippen LogP contribution < -0.4 is 28.4 Å². The van der Waals surface area contributed by atoms with Gasteiger partial charge in [0, 0.05) is 29.7 Å². The summed E-state index contributed by atoms with van der Waals surface area (Å²) in [6, 6.07) is 6.75. The van der Waals surface area contributed by atoms with Gasteiger partial charge in [0.25, 0.3) is 0 Å². The maximum atomic E-state index is 12.5. The van der Waals surface area contributed by atoms with E-state index in [9.17, 15) is 9.00 Å². The van der Waals surface area contributed by atoms with Crippen molar-refractivity contribution in [2.24, 2.45) is 0 Å². The Morgan fingerprint density at radius 3 is 1.45 bits per heavy atom. The molecule has 0 N–H and O–H groups in total. The van der Waals surface area contributed by atoms with E-state index in [1.54, 1.807) is 36.4 Å². The van der Waals surface area contributed by atoms with E-state index >= 15 is 0 Å². The zero-order chi connectivity index (χ0) is 24.4. The number of hydrogen-bond donors (Lipinski definition) is 0. The van der Waals surface area contributed by atoms with Crippen LogP contribution in [0.2, 0.25) is 0 Å². The molecule has 8 nitrogen and oxygen atoms in total. The molecule has 2 aromatic carbocycles. The molecule has 0 aliphatic rings. The minimum absolute atomic E-state index is 0.200. The maximum Gasteiger partial charge on any atom is 0.168 e. The highest BCUT2D eigenvalue weighted by Gasteiger charge is 2.13. The van der Waals surface area contributed by atoms with Crippen molar-refractivity contribution in [3.63, 3.8) is 0 Å². The minimum Gasteiger partial charge on any atom is -0.496 e. The van der Waals surface area contributed by atoms with Crippen molar-refractivity contribution in [1.82, 2.24) is 0 Å². The number of carbonyl (C=O) groups is 1. The summed E-state index contributed by atoms with van der Waals surface area (Å²) in [6.45, 7) is 0. The first-order valence-electron chi connectivity index (χ1n) is 9.77. The number of allylic oxidation sites excluding steroid dienone is 1. The number of rotatable bonds is 12. The Balaban J connectivity index is 2.18. The van der Waals surface area contributed by atoms with Crippen molar-refractivity contribution in [2.75, 3.05) is 48.4 Å². The van der Waals surface area contributed by atoms with E-state index < -0.39 is 10.8 Å². The molecule has 0 heterocycles. The van der Waals surface area contributed by atoms with Gasteiger partial charge in [0.1, 0.15) is 34.5 Å². The minimum atomic E-state index is -1.56. The first kappa shape index (κ1) is 25.8. The number of hydrogen-bond acceptors (Lipinski definition) is 8. The first-order chi connectivity index (χ1) is 15.9. The normalized spacial score (nSPS) is 11.9. The fourth-order valence-corrected chi connectivity index (χ4v) is 3.71. The van der Waals surface area contributed by atoms with Crippen LogP contribution >= 0.6 is 0 Å². The molecule has 1 atom stereocenters. The fraction of sp³-hybridized carbons (Fsp3) is 0.292. The lowest BCUT2D eigenvalue weighted by Gasteiger charge is -2.12. The number of ketones is 1. The van der Waals surface area contributed by atoms with E-state index in [4.69, 9.17) is 28.4 Å². The lowest BCUT2D eigenvalue weighted by molar-refractivity contribution is -0.112. The molecular formula is C24H28O8S. The summed E-state index contributed by atoms with van der Waals surface area (Å²) in [7, 11) is 7.55. The highest BCUT2D eigenvalue weighted by Crippen LogP contribution is 2.36. The Labute approximate surface area is 196 Å². The molecule has 2 rings (SSSR count). The van der Waals surface area contributed by atoms with Crippen LogP contribution in [0.5, 0.6) is 34.5 Å². The highest BCUT2D eigenvalue weighted by molar-refractivity contribution is 7.88. The molecule has 0 aliphatic carbocycles. The molecule has 178 valence electrons. The Morgan fingerprint density at radius 1 is 0.697 bits per heavy atom. The quantitative estimate of drug-likeness (QED) is 0.428. The van der Waals surface area contributed by atoms with Crippen molar-refractivity contribution in [2.45, 2.75) is 0 Å². The Bertz CT molecular complexity index is 925. The van der Waals surface area contributed by atoms with E-state index in [1.165, 1.54) is 54.1 Å². The van der Waals surface area contributed by atoms with Gasteiger partial charge in [-0.05, 0) is 18.2 Å². The Hall–Kier alpha value is -3.46. The molecule has 2 aromatic rings. The van der Waals surface area contributed by atoms with Crippen molar-refractivity contribution in [3.05, 3.63) is 46.9 Å². The van der Waals surface area contributed by atoms with Crippen LogP contribution in [0.3, 0.4) is 0 Å². The summed E-state index contributed by atoms with van der Waals surface area (Å²) in [6.07, 6.45) is 4.50. The molecule has 0 aromatic heterocycles. The van der Waals surface area contributed by atoms with Gasteiger partial charge in [-0.15, -0.1) is 0 Å². The molecular weight excluding hydrogens is 448 g/mol. The molecule has 0 bridgehead atoms. The predicted octanol–water partition coefficient (Wildman–Crippen LogP) is 3.74. The second-order valence-corrected chi connectivity index (χ2v) is 7.84.